The van der Waals surface area contributed by atoms with Gasteiger partial charge in [-0.1, -0.05) is 36.4 Å². The monoisotopic (exact) mass is 407 g/mol. The zero-order valence-corrected chi connectivity index (χ0v) is 17.1. The minimum atomic E-state index is -0.157. The summed E-state index contributed by atoms with van der Waals surface area (Å²) in [6.07, 6.45) is 5.62. The lowest BCUT2D eigenvalue weighted by molar-refractivity contribution is 0.0946. The fourth-order valence-electron chi connectivity index (χ4n) is 3.47. The minimum absolute atomic E-state index is 0.157. The number of hydrogen-bond donors (Lipinski definition) is 2. The molecule has 0 unspecified atom stereocenters. The minimum Gasteiger partial charge on any atom is -0.359 e. The van der Waals surface area contributed by atoms with E-state index in [4.69, 9.17) is 0 Å². The van der Waals surface area contributed by atoms with Gasteiger partial charge in [-0.15, -0.1) is 11.3 Å². The zero-order valence-electron chi connectivity index (χ0n) is 16.3. The Labute approximate surface area is 175 Å². The van der Waals surface area contributed by atoms with Gasteiger partial charge in [0.05, 0.1) is 0 Å². The first-order valence-corrected chi connectivity index (χ1v) is 10.8. The molecule has 2 aromatic heterocycles. The molecule has 1 aromatic carbocycles. The molecule has 0 radical (unpaired) electrons. The van der Waals surface area contributed by atoms with Gasteiger partial charge >= 0.3 is 0 Å². The second-order valence-electron chi connectivity index (χ2n) is 7.26. The fourth-order valence-corrected chi connectivity index (χ4v) is 4.24. The van der Waals surface area contributed by atoms with Gasteiger partial charge in [0.25, 0.3) is 5.91 Å². The molecule has 29 heavy (non-hydrogen) atoms. The highest BCUT2D eigenvalue weighted by molar-refractivity contribution is 7.13. The van der Waals surface area contributed by atoms with Gasteiger partial charge in [0.15, 0.2) is 5.13 Å². The molecule has 1 fully saturated rings. The van der Waals surface area contributed by atoms with Gasteiger partial charge in [-0.25, -0.2) is 4.98 Å². The summed E-state index contributed by atoms with van der Waals surface area (Å²) in [4.78, 5) is 23.3. The third kappa shape index (κ3) is 5.62. The van der Waals surface area contributed by atoms with Crippen molar-refractivity contribution < 1.29 is 4.79 Å². The third-order valence-corrected chi connectivity index (χ3v) is 5.85. The van der Waals surface area contributed by atoms with Crippen LogP contribution in [0.25, 0.3) is 0 Å². The first-order valence-electron chi connectivity index (χ1n) is 9.92. The summed E-state index contributed by atoms with van der Waals surface area (Å²) in [5, 5.41) is 9.03. The van der Waals surface area contributed by atoms with Crippen molar-refractivity contribution in [1.29, 1.82) is 0 Å². The maximum atomic E-state index is 12.3. The molecule has 1 aliphatic heterocycles. The lowest BCUT2D eigenvalue weighted by Gasteiger charge is -2.32. The van der Waals surface area contributed by atoms with E-state index in [0.717, 1.165) is 43.2 Å². The first kappa shape index (κ1) is 19.5. The van der Waals surface area contributed by atoms with Gasteiger partial charge in [-0.05, 0) is 30.0 Å². The summed E-state index contributed by atoms with van der Waals surface area (Å²) >= 11 is 1.49. The van der Waals surface area contributed by atoms with Crippen LogP contribution in [0.2, 0.25) is 0 Å². The smallest absolute Gasteiger partial charge is 0.271 e. The number of anilines is 1. The second-order valence-corrected chi connectivity index (χ2v) is 8.12. The van der Waals surface area contributed by atoms with Crippen LogP contribution in [0.5, 0.6) is 0 Å². The Balaban J connectivity index is 1.23. The number of carbonyl (C=O) groups is 1. The molecule has 3 aromatic rings. The molecule has 4 rings (SSSR count). The Morgan fingerprint density at radius 2 is 1.90 bits per heavy atom. The van der Waals surface area contributed by atoms with Crippen LogP contribution in [0.15, 0.2) is 60.2 Å². The van der Waals surface area contributed by atoms with Crippen LogP contribution in [-0.2, 0) is 13.1 Å². The van der Waals surface area contributed by atoms with E-state index in [2.05, 4.69) is 55.8 Å². The fraction of sp³-hybridized carbons (Fsp3) is 0.318. The van der Waals surface area contributed by atoms with Gasteiger partial charge in [-0.3, -0.25) is 14.7 Å². The number of aromatic nitrogens is 2. The summed E-state index contributed by atoms with van der Waals surface area (Å²) in [6, 6.07) is 14.8. The lowest BCUT2D eigenvalue weighted by Crippen LogP contribution is -2.38. The van der Waals surface area contributed by atoms with E-state index in [9.17, 15) is 4.79 Å². The van der Waals surface area contributed by atoms with Gasteiger partial charge in [-0.2, -0.15) is 0 Å². The molecule has 150 valence electrons. The molecule has 1 amide bonds. The molecule has 0 aliphatic carbocycles. The quantitative estimate of drug-likeness (QED) is 0.627. The zero-order chi connectivity index (χ0) is 19.9. The van der Waals surface area contributed by atoms with Crippen LogP contribution in [0.1, 0.15) is 34.5 Å². The first-order chi connectivity index (χ1) is 14.3. The number of nitrogens with zero attached hydrogens (tertiary/aromatic N) is 3. The van der Waals surface area contributed by atoms with E-state index in [1.807, 2.05) is 17.5 Å². The number of amides is 1. The summed E-state index contributed by atoms with van der Waals surface area (Å²) in [6.45, 7) is 3.59. The van der Waals surface area contributed by atoms with Gasteiger partial charge in [0.2, 0.25) is 0 Å². The molecule has 1 saturated heterocycles. The maximum Gasteiger partial charge on any atom is 0.271 e. The molecular formula is C22H25N5OS. The van der Waals surface area contributed by atoms with Gasteiger partial charge in [0.1, 0.15) is 5.69 Å². The summed E-state index contributed by atoms with van der Waals surface area (Å²) < 4.78 is 0. The Bertz CT molecular complexity index is 907. The molecule has 0 spiro atoms. The summed E-state index contributed by atoms with van der Waals surface area (Å²) in [7, 11) is 0. The molecule has 6 nitrogen and oxygen atoms in total. The SMILES string of the molecule is O=C(NCc1cccnc1)c1csc(NC2CCN(Cc3ccccc3)CC2)n1. The second kappa shape index (κ2) is 9.62. The molecule has 1 aliphatic rings. The predicted molar refractivity (Wildman–Crippen MR) is 116 cm³/mol. The van der Waals surface area contributed by atoms with Crippen molar-refractivity contribution in [2.75, 3.05) is 18.4 Å². The number of likely N-dealkylation sites (tertiary alicyclic amines) is 1. The highest BCUT2D eigenvalue weighted by Crippen LogP contribution is 2.21. The van der Waals surface area contributed by atoms with Crippen molar-refractivity contribution in [2.45, 2.75) is 32.0 Å². The highest BCUT2D eigenvalue weighted by Gasteiger charge is 2.20. The normalized spacial score (nSPS) is 15.2. The maximum absolute atomic E-state index is 12.3. The van der Waals surface area contributed by atoms with E-state index < -0.39 is 0 Å². The van der Waals surface area contributed by atoms with E-state index >= 15 is 0 Å². The highest BCUT2D eigenvalue weighted by atomic mass is 32.1. The number of nitrogens with one attached hydrogen (secondary N) is 2. The Morgan fingerprint density at radius 3 is 2.66 bits per heavy atom. The number of benzene rings is 1. The van der Waals surface area contributed by atoms with Crippen molar-refractivity contribution >= 4 is 22.4 Å². The van der Waals surface area contributed by atoms with Crippen LogP contribution >= 0.6 is 11.3 Å². The number of pyridine rings is 1. The van der Waals surface area contributed by atoms with E-state index in [1.165, 1.54) is 16.9 Å². The predicted octanol–water partition coefficient (Wildman–Crippen LogP) is 3.54. The van der Waals surface area contributed by atoms with E-state index in [0.29, 0.717) is 18.3 Å². The molecule has 2 N–H and O–H groups in total. The summed E-state index contributed by atoms with van der Waals surface area (Å²) in [5.74, 6) is -0.157. The van der Waals surface area contributed by atoms with E-state index in [1.54, 1.807) is 12.4 Å². The molecule has 0 saturated carbocycles. The summed E-state index contributed by atoms with van der Waals surface area (Å²) in [5.41, 5.74) is 2.79. The average molecular weight is 408 g/mol. The van der Waals surface area contributed by atoms with Crippen molar-refractivity contribution in [1.82, 2.24) is 20.2 Å². The molecule has 7 heteroatoms. The molecule has 0 bridgehead atoms. The third-order valence-electron chi connectivity index (χ3n) is 5.08. The number of hydrogen-bond acceptors (Lipinski definition) is 6. The number of carbonyl (C=O) groups excluding carboxylic acids is 1. The Kier molecular flexibility index (Phi) is 6.49. The standard InChI is InChI=1S/C22H25N5OS/c28-21(24-14-18-7-4-10-23-13-18)20-16-29-22(26-20)25-19-8-11-27(12-9-19)15-17-5-2-1-3-6-17/h1-7,10,13,16,19H,8-9,11-12,14-15H2,(H,24,28)(H,25,26). The number of thiazole rings is 1. The van der Waals surface area contributed by atoms with Crippen LogP contribution in [0.4, 0.5) is 5.13 Å². The van der Waals surface area contributed by atoms with E-state index in [-0.39, 0.29) is 5.91 Å². The average Bonchev–Trinajstić information content (AvgIpc) is 3.23. The van der Waals surface area contributed by atoms with Crippen LogP contribution < -0.4 is 10.6 Å². The van der Waals surface area contributed by atoms with Gasteiger partial charge in [0, 0.05) is 50.0 Å². The van der Waals surface area contributed by atoms with Crippen molar-refractivity contribution in [3.05, 3.63) is 77.1 Å². The van der Waals surface area contributed by atoms with Crippen LogP contribution in [-0.4, -0.2) is 39.9 Å². The molecular weight excluding hydrogens is 382 g/mol. The number of piperidine rings is 1. The topological polar surface area (TPSA) is 70.2 Å². The number of rotatable bonds is 7. The van der Waals surface area contributed by atoms with Crippen LogP contribution in [0.3, 0.4) is 0 Å². The van der Waals surface area contributed by atoms with Gasteiger partial charge < -0.3 is 10.6 Å². The Hall–Kier alpha value is -2.77. The lowest BCUT2D eigenvalue weighted by atomic mass is 10.0. The van der Waals surface area contributed by atoms with Crippen molar-refractivity contribution in [2.24, 2.45) is 0 Å². The van der Waals surface area contributed by atoms with Crippen molar-refractivity contribution in [3.63, 3.8) is 0 Å². The molecule has 3 heterocycles. The Morgan fingerprint density at radius 1 is 1.10 bits per heavy atom. The van der Waals surface area contributed by atoms with Crippen molar-refractivity contribution in [3.8, 4) is 0 Å². The van der Waals surface area contributed by atoms with Crippen LogP contribution in [0, 0.1) is 0 Å². The molecule has 0 atom stereocenters. The largest absolute Gasteiger partial charge is 0.359 e.